The molecule has 0 aliphatic carbocycles. The van der Waals surface area contributed by atoms with Gasteiger partial charge in [0.2, 0.25) is 23.7 Å². The van der Waals surface area contributed by atoms with Gasteiger partial charge in [0, 0.05) is 103 Å². The van der Waals surface area contributed by atoms with E-state index in [9.17, 15) is 87.5 Å². The van der Waals surface area contributed by atoms with Crippen LogP contribution in [-0.4, -0.2) is 215 Å². The van der Waals surface area contributed by atoms with Gasteiger partial charge in [0.1, 0.15) is 29.9 Å². The second kappa shape index (κ2) is 49.1. The summed E-state index contributed by atoms with van der Waals surface area (Å²) < 4.78 is 10.9. The molecule has 18 N–H and O–H groups in total. The van der Waals surface area contributed by atoms with Gasteiger partial charge in [-0.2, -0.15) is 4.98 Å². The van der Waals surface area contributed by atoms with Crippen molar-refractivity contribution < 1.29 is 92.2 Å². The minimum Gasteiger partial charge on any atom is -0.508 e. The number of anilines is 2. The molecule has 656 valence electrons. The number of ketones is 4. The number of nitrogens with two attached hydrogens (primary N) is 2. The fraction of sp³-hybridized carbons (Fsp3) is 0.562. The molecule has 1 aliphatic rings. The number of amides is 6. The number of nitrogens with one attached hydrogen (secondary N) is 10. The number of H-pyrrole nitrogens is 1. The number of methoxy groups -OCH3 is 1. The van der Waals surface area contributed by atoms with Gasteiger partial charge in [-0.15, -0.1) is 11.3 Å². The Morgan fingerprint density at radius 3 is 2.13 bits per heavy atom. The number of aromatic nitrogens is 5. The third-order valence-corrected chi connectivity index (χ3v) is 24.5. The highest BCUT2D eigenvalue weighted by atomic mass is 33.1. The number of rotatable bonds is 52. The first-order valence-corrected chi connectivity index (χ1v) is 43.2. The van der Waals surface area contributed by atoms with Crippen LogP contribution in [-0.2, 0) is 70.4 Å². The van der Waals surface area contributed by atoms with E-state index >= 15 is 0 Å². The summed E-state index contributed by atoms with van der Waals surface area (Å²) in [5, 5.41) is 65.7. The topological polar surface area (TPSA) is 581 Å². The lowest BCUT2D eigenvalue weighted by Crippen LogP contribution is -2.47. The van der Waals surface area contributed by atoms with Crippen LogP contribution < -0.4 is 59.8 Å². The van der Waals surface area contributed by atoms with Crippen molar-refractivity contribution in [2.75, 3.05) is 63.0 Å². The number of likely N-dealkylation sites (N-methyl/N-ethyl adjacent to an activating group) is 1. The van der Waals surface area contributed by atoms with Crippen LogP contribution >= 0.6 is 32.9 Å². The molecule has 1 fully saturated rings. The van der Waals surface area contributed by atoms with E-state index in [0.29, 0.717) is 22.8 Å². The number of nitrogen functional groups attached to an aromatic ring is 1. The quantitative estimate of drug-likeness (QED) is 0.00707. The van der Waals surface area contributed by atoms with Gasteiger partial charge in [-0.25, -0.2) is 30.0 Å². The molecule has 1 aliphatic heterocycles. The van der Waals surface area contributed by atoms with Gasteiger partial charge in [-0.05, 0) is 132 Å². The number of hydrogen-bond acceptors (Lipinski definition) is 28. The number of carboxylic acid groups (broad SMARTS) is 3. The number of ether oxygens (including phenoxy) is 2. The van der Waals surface area contributed by atoms with Crippen LogP contribution in [0.3, 0.4) is 0 Å². The Morgan fingerprint density at radius 1 is 0.775 bits per heavy atom. The number of guanidine groups is 1. The number of fused-ring (bicyclic) bond motifs is 1. The summed E-state index contributed by atoms with van der Waals surface area (Å²) >= 11 is 1.32. The maximum absolute atomic E-state index is 14.8. The Bertz CT molecular complexity index is 4420. The molecule has 5 aromatic rings. The summed E-state index contributed by atoms with van der Waals surface area (Å²) in [7, 11) is 5.60. The molecule has 0 saturated carbocycles. The zero-order valence-electron chi connectivity index (χ0n) is 68.8. The minimum absolute atomic E-state index is 0.0206. The predicted octanol–water partition coefficient (Wildman–Crippen LogP) is 5.91. The molecule has 120 heavy (non-hydrogen) atoms. The van der Waals surface area contributed by atoms with Gasteiger partial charge in [0.05, 0.1) is 60.5 Å². The normalized spacial score (nSPS) is 15.9. The number of benzene rings is 2. The first-order chi connectivity index (χ1) is 56.9. The van der Waals surface area contributed by atoms with Crippen LogP contribution in [0, 0.1) is 52.8 Å². The number of carbonyl (C=O) groups is 13. The molecule has 40 heteroatoms. The SMILES string of the molecule is CCC(C)[C@H](CC(=O)[C@H]1CCCCN1C)C(=O)C(COC)[C@H](C[C@@H](C)c1nc(C(=O)N[C@@H](Cc2ccc(O)cc2)C[C@H](C)C(=O)NNC(=O)OCCSSC[C@H](CC(=O)[C@H](CC(=O)O)NC(=O)[C@H](CCCNC(=N)N)CC(=O)[C@H](C)NC(=O)CC[C@H](NC(=O)c2ccc(NCc3cnc4nc(N)[nH]c(=O)c4n3)cc2)C(=O)O)C(=O)O)cs1)C(C)C. The van der Waals surface area contributed by atoms with E-state index in [1.54, 1.807) is 31.5 Å². The largest absolute Gasteiger partial charge is 0.508 e. The van der Waals surface area contributed by atoms with Crippen molar-refractivity contribution in [2.24, 2.45) is 53.1 Å². The average Bonchev–Trinajstić information content (AvgIpc) is 1.72. The molecule has 6 amide bonds. The van der Waals surface area contributed by atoms with Crippen molar-refractivity contribution in [3.63, 3.8) is 0 Å². The van der Waals surface area contributed by atoms with Gasteiger partial charge in [0.15, 0.2) is 34.5 Å². The third kappa shape index (κ3) is 32.1. The number of carbonyl (C=O) groups excluding carboxylic acids is 10. The molecule has 4 heterocycles. The Morgan fingerprint density at radius 2 is 1.48 bits per heavy atom. The van der Waals surface area contributed by atoms with Crippen LogP contribution in [0.5, 0.6) is 5.75 Å². The van der Waals surface area contributed by atoms with Gasteiger partial charge in [-0.3, -0.25) is 78.3 Å². The number of hydrazine groups is 1. The van der Waals surface area contributed by atoms with E-state index in [4.69, 9.17) is 31.3 Å². The Balaban J connectivity index is 0.951. The number of aromatic amines is 1. The molecule has 37 nitrogen and oxygen atoms in total. The molecule has 0 bridgehead atoms. The molecule has 0 spiro atoms. The van der Waals surface area contributed by atoms with Crippen molar-refractivity contribution >= 4 is 138 Å². The van der Waals surface area contributed by atoms with E-state index in [1.807, 2.05) is 27.8 Å². The van der Waals surface area contributed by atoms with Crippen molar-refractivity contribution in [3.8, 4) is 5.75 Å². The lowest BCUT2D eigenvalue weighted by atomic mass is 9.70. The number of carboxylic acids is 3. The highest BCUT2D eigenvalue weighted by molar-refractivity contribution is 8.76. The van der Waals surface area contributed by atoms with Crippen LogP contribution in [0.25, 0.3) is 11.2 Å². The van der Waals surface area contributed by atoms with Crippen LogP contribution in [0.1, 0.15) is 181 Å². The van der Waals surface area contributed by atoms with Crippen LogP contribution in [0.4, 0.5) is 16.4 Å². The summed E-state index contributed by atoms with van der Waals surface area (Å²) in [6.07, 6.45) is 1.70. The minimum atomic E-state index is -1.78. The number of phenolic OH excluding ortho intramolecular Hbond substituents is 1. The molecule has 1 saturated heterocycles. The van der Waals surface area contributed by atoms with E-state index in [-0.39, 0.29) is 145 Å². The lowest BCUT2D eigenvalue weighted by Gasteiger charge is -2.36. The van der Waals surface area contributed by atoms with E-state index < -0.39 is 162 Å². The second-order valence-corrected chi connectivity index (χ2v) is 34.1. The highest BCUT2D eigenvalue weighted by Crippen LogP contribution is 2.38. The van der Waals surface area contributed by atoms with E-state index in [2.05, 4.69) is 81.4 Å². The smallest absolute Gasteiger partial charge is 0.426 e. The molecule has 0 radical (unpaired) electrons. The highest BCUT2D eigenvalue weighted by Gasteiger charge is 2.41. The number of hydrogen-bond donors (Lipinski definition) is 16. The number of aliphatic carboxylic acids is 3. The van der Waals surface area contributed by atoms with Crippen molar-refractivity contribution in [1.82, 2.24) is 67.3 Å². The zero-order valence-corrected chi connectivity index (χ0v) is 71.3. The second-order valence-electron chi connectivity index (χ2n) is 30.6. The number of likely N-dealkylation sites (tertiary alicyclic amines) is 1. The van der Waals surface area contributed by atoms with Crippen molar-refractivity contribution in [2.45, 2.75) is 187 Å². The monoisotopic (exact) mass is 1730 g/mol. The average molecular weight is 1730 g/mol. The van der Waals surface area contributed by atoms with E-state index in [1.165, 1.54) is 60.9 Å². The van der Waals surface area contributed by atoms with Crippen molar-refractivity contribution in [1.29, 1.82) is 5.41 Å². The lowest BCUT2D eigenvalue weighted by molar-refractivity contribution is -0.144. The molecular formula is C80H113N17O20S3. The van der Waals surface area contributed by atoms with Crippen LogP contribution in [0.15, 0.2) is 64.9 Å². The Kier molecular flexibility index (Phi) is 40.2. The first kappa shape index (κ1) is 98.1. The Labute approximate surface area is 706 Å². The number of piperidine rings is 1. The standard InChI is InChI=1S/C80H113N17O20S3/c1-10-43(4)56(35-64(101)61-15-11-12-27-97(61)8)68(105)57(39-116-9)55(42(2)3)31-45(6)75-92-60(41-118-75)73(109)89-52(32-47-16-22-54(98)23-17-47)30-44(5)70(106)95-96-80(115)117-28-29-119-120-40-50(76(111)112)34-63(100)59(36-66(103)104)91-72(108)49(14-13-26-84-78(81)82)33-62(99)46(7)87-65(102)25-24-58(77(113)114)90-71(107)48-18-20-51(21-19-48)85-37-53-38-86-69-67(88-53)74(110)94-79(83)93-69/h16-23,38,41-46,49-50,52,55-59,61,85,98H,10-15,24-37,39-40H2,1-9H3,(H,87,102)(H,89,109)(H,90,107)(H,91,108)(H,95,106)(H,96,115)(H,103,104)(H,111,112)(H,113,114)(H4,81,82,84)(H3,83,86,93,94,110)/t43?,44-,45+,46-,49+,50-,52+,55+,56-,57?,58-,59-,61+/m0/s1. The predicted molar refractivity (Wildman–Crippen MR) is 450 cm³/mol. The number of thiazole rings is 1. The summed E-state index contributed by atoms with van der Waals surface area (Å²) in [5.74, 6) is -15.1. The summed E-state index contributed by atoms with van der Waals surface area (Å²) in [5.41, 5.74) is 16.8. The number of phenols is 1. The number of nitrogens with zero attached hydrogens (tertiary/aromatic N) is 5. The molecule has 2 unspecified atom stereocenters. The third-order valence-electron chi connectivity index (χ3n) is 21.0. The maximum Gasteiger partial charge on any atom is 0.426 e. The fourth-order valence-electron chi connectivity index (χ4n) is 13.9. The summed E-state index contributed by atoms with van der Waals surface area (Å²) in [6.45, 7) is 14.1. The zero-order chi connectivity index (χ0) is 88.4. The number of Topliss-reactive ketones (excluding diaryl/α,β-unsaturated/α-hetero) is 4. The molecular weight excluding hydrogens is 1620 g/mol. The van der Waals surface area contributed by atoms with Gasteiger partial charge >= 0.3 is 24.0 Å². The molecule has 13 atom stereocenters. The van der Waals surface area contributed by atoms with Crippen molar-refractivity contribution in [3.05, 3.63) is 98.0 Å². The molecule has 6 rings (SSSR count). The van der Waals surface area contributed by atoms with Gasteiger partial charge < -0.3 is 73.3 Å². The van der Waals surface area contributed by atoms with Gasteiger partial charge in [0.25, 0.3) is 17.4 Å². The Hall–Kier alpha value is -10.7. The van der Waals surface area contributed by atoms with E-state index in [0.717, 1.165) is 59.4 Å². The van der Waals surface area contributed by atoms with Gasteiger partial charge in [-0.1, -0.05) is 88.1 Å². The maximum atomic E-state index is 14.8. The number of aromatic hydroxyl groups is 1. The van der Waals surface area contributed by atoms with Crippen LogP contribution in [0.2, 0.25) is 0 Å². The fourth-order valence-corrected chi connectivity index (χ4v) is 16.9. The molecule has 3 aromatic heterocycles. The molecule has 2 aromatic carbocycles. The summed E-state index contributed by atoms with van der Waals surface area (Å²) in [4.78, 5) is 208. The first-order valence-electron chi connectivity index (χ1n) is 39.8. The summed E-state index contributed by atoms with van der Waals surface area (Å²) in [6, 6.07) is 6.75.